The summed E-state index contributed by atoms with van der Waals surface area (Å²) in [7, 11) is -3.56. The quantitative estimate of drug-likeness (QED) is 0.853. The zero-order chi connectivity index (χ0) is 14.9. The summed E-state index contributed by atoms with van der Waals surface area (Å²) in [5.41, 5.74) is 0.853. The van der Waals surface area contributed by atoms with E-state index in [1.165, 1.54) is 0 Å². The monoisotopic (exact) mass is 336 g/mol. The van der Waals surface area contributed by atoms with Crippen molar-refractivity contribution in [1.82, 2.24) is 5.32 Å². The van der Waals surface area contributed by atoms with Crippen LogP contribution in [0.2, 0.25) is 10.0 Å². The Bertz CT molecular complexity index is 634. The van der Waals surface area contributed by atoms with Crippen molar-refractivity contribution >= 4 is 39.1 Å². The highest BCUT2D eigenvalue weighted by Gasteiger charge is 2.44. The number of halogens is 2. The lowest BCUT2D eigenvalue weighted by Crippen LogP contribution is -2.32. The van der Waals surface area contributed by atoms with Crippen molar-refractivity contribution in [3.63, 3.8) is 0 Å². The number of hydrogen-bond acceptors (Lipinski definition) is 3. The van der Waals surface area contributed by atoms with E-state index < -0.39 is 10.0 Å². The summed E-state index contributed by atoms with van der Waals surface area (Å²) in [4.78, 5) is 11.8. The van der Waals surface area contributed by atoms with Gasteiger partial charge in [0.1, 0.15) is 0 Å². The van der Waals surface area contributed by atoms with Crippen LogP contribution >= 0.6 is 23.2 Å². The van der Waals surface area contributed by atoms with Crippen LogP contribution in [-0.4, -0.2) is 26.6 Å². The van der Waals surface area contributed by atoms with E-state index in [9.17, 15) is 13.2 Å². The van der Waals surface area contributed by atoms with Gasteiger partial charge in [-0.15, -0.1) is 0 Å². The maximum absolute atomic E-state index is 11.8. The molecular weight excluding hydrogens is 323 g/mol. The predicted octanol–water partition coefficient (Wildman–Crippen LogP) is 1.50. The highest BCUT2D eigenvalue weighted by molar-refractivity contribution is 7.89. The molecular formula is C12H14Cl2N2O3S. The molecule has 1 aliphatic carbocycles. The molecule has 1 fully saturated rings. The molecule has 2 rings (SSSR count). The Morgan fingerprint density at radius 2 is 2.10 bits per heavy atom. The van der Waals surface area contributed by atoms with E-state index in [1.807, 2.05) is 6.07 Å². The third-order valence-corrected chi connectivity index (χ3v) is 4.80. The molecule has 0 unspecified atom stereocenters. The topological polar surface area (TPSA) is 89.3 Å². The molecule has 5 nitrogen and oxygen atoms in total. The minimum Gasteiger partial charge on any atom is -0.355 e. The third kappa shape index (κ3) is 3.85. The zero-order valence-electron chi connectivity index (χ0n) is 10.5. The minimum absolute atomic E-state index is 0.0180. The number of hydrogen-bond donors (Lipinski definition) is 2. The fraction of sp³-hybridized carbons (Fsp3) is 0.417. The van der Waals surface area contributed by atoms with Crippen LogP contribution in [0.4, 0.5) is 0 Å². The molecule has 110 valence electrons. The van der Waals surface area contributed by atoms with Crippen molar-refractivity contribution in [2.75, 3.05) is 12.3 Å². The number of rotatable bonds is 5. The largest absolute Gasteiger partial charge is 0.355 e. The first-order valence-electron chi connectivity index (χ1n) is 6.01. The Balaban J connectivity index is 1.91. The van der Waals surface area contributed by atoms with Crippen molar-refractivity contribution in [2.45, 2.75) is 12.3 Å². The molecule has 20 heavy (non-hydrogen) atoms. The van der Waals surface area contributed by atoms with Crippen LogP contribution in [0.3, 0.4) is 0 Å². The zero-order valence-corrected chi connectivity index (χ0v) is 12.8. The summed E-state index contributed by atoms with van der Waals surface area (Å²) >= 11 is 12.0. The van der Waals surface area contributed by atoms with Crippen molar-refractivity contribution in [2.24, 2.45) is 11.1 Å². The number of sulfonamides is 1. The number of primary sulfonamides is 1. The molecule has 0 aromatic heterocycles. The molecule has 0 aliphatic heterocycles. The van der Waals surface area contributed by atoms with E-state index in [0.717, 1.165) is 5.56 Å². The van der Waals surface area contributed by atoms with E-state index >= 15 is 0 Å². The molecule has 8 heteroatoms. The first-order valence-corrected chi connectivity index (χ1v) is 8.49. The molecule has 1 amide bonds. The number of nitrogens with one attached hydrogen (secondary N) is 1. The Morgan fingerprint density at radius 1 is 1.40 bits per heavy atom. The van der Waals surface area contributed by atoms with E-state index in [1.54, 1.807) is 12.1 Å². The average molecular weight is 337 g/mol. The molecule has 0 saturated heterocycles. The van der Waals surface area contributed by atoms with E-state index in [2.05, 4.69) is 5.32 Å². The third-order valence-electron chi connectivity index (χ3n) is 3.19. The Kier molecular flexibility index (Phi) is 4.59. The van der Waals surface area contributed by atoms with Crippen LogP contribution in [0.25, 0.3) is 0 Å². The van der Waals surface area contributed by atoms with Gasteiger partial charge < -0.3 is 5.32 Å². The average Bonchev–Trinajstić information content (AvgIpc) is 3.11. The number of benzene rings is 1. The first-order chi connectivity index (χ1) is 9.29. The summed E-state index contributed by atoms with van der Waals surface area (Å²) in [6.07, 6.45) is 0.682. The Morgan fingerprint density at radius 3 is 2.75 bits per heavy atom. The molecule has 2 atom stereocenters. The lowest BCUT2D eigenvalue weighted by Gasteiger charge is -2.06. The maximum Gasteiger partial charge on any atom is 0.223 e. The van der Waals surface area contributed by atoms with Crippen LogP contribution < -0.4 is 10.5 Å². The van der Waals surface area contributed by atoms with Gasteiger partial charge in [-0.1, -0.05) is 35.3 Å². The van der Waals surface area contributed by atoms with E-state index in [0.29, 0.717) is 16.5 Å². The SMILES string of the molecule is NS(=O)(=O)CCNC(=O)[C@H]1C[C@@H]1c1cccc(Cl)c1Cl. The van der Waals surface area contributed by atoms with Crippen molar-refractivity contribution in [3.05, 3.63) is 33.8 Å². The molecule has 0 heterocycles. The summed E-state index contributed by atoms with van der Waals surface area (Å²) in [6.45, 7) is 0.0180. The fourth-order valence-corrected chi connectivity index (χ4v) is 2.92. The van der Waals surface area contributed by atoms with Gasteiger partial charge in [0.15, 0.2) is 0 Å². The van der Waals surface area contributed by atoms with Crippen LogP contribution in [0.5, 0.6) is 0 Å². The first kappa shape index (κ1) is 15.6. The standard InChI is InChI=1S/C12H14Cl2N2O3S/c13-10-3-1-2-7(11(10)14)8-6-9(8)12(17)16-4-5-20(15,18)19/h1-3,8-9H,4-6H2,(H,16,17)(H2,15,18,19)/t8-,9+/m1/s1. The van der Waals surface area contributed by atoms with Gasteiger partial charge in [0.25, 0.3) is 0 Å². The van der Waals surface area contributed by atoms with Crippen molar-refractivity contribution in [1.29, 1.82) is 0 Å². The number of nitrogens with two attached hydrogens (primary N) is 1. The summed E-state index contributed by atoms with van der Waals surface area (Å²) in [5, 5.41) is 8.35. The van der Waals surface area contributed by atoms with Crippen LogP contribution in [0, 0.1) is 5.92 Å². The molecule has 3 N–H and O–H groups in total. The number of carbonyl (C=O) groups is 1. The molecule has 0 spiro atoms. The highest BCUT2D eigenvalue weighted by Crippen LogP contribution is 2.50. The Hall–Kier alpha value is -0.820. The molecule has 1 aliphatic rings. The predicted molar refractivity (Wildman–Crippen MR) is 78.3 cm³/mol. The van der Waals surface area contributed by atoms with Gasteiger partial charge in [-0.3, -0.25) is 4.79 Å². The molecule has 0 bridgehead atoms. The van der Waals surface area contributed by atoms with Crippen LogP contribution in [0.1, 0.15) is 17.9 Å². The molecule has 1 saturated carbocycles. The lowest BCUT2D eigenvalue weighted by molar-refractivity contribution is -0.122. The van der Waals surface area contributed by atoms with Gasteiger partial charge in [0.05, 0.1) is 15.8 Å². The van der Waals surface area contributed by atoms with Crippen LogP contribution in [-0.2, 0) is 14.8 Å². The Labute approximate surface area is 127 Å². The highest BCUT2D eigenvalue weighted by atomic mass is 35.5. The van der Waals surface area contributed by atoms with Gasteiger partial charge >= 0.3 is 0 Å². The van der Waals surface area contributed by atoms with Gasteiger partial charge in [-0.05, 0) is 24.0 Å². The second kappa shape index (κ2) is 5.89. The maximum atomic E-state index is 11.8. The van der Waals surface area contributed by atoms with Gasteiger partial charge in [-0.2, -0.15) is 0 Å². The number of carbonyl (C=O) groups excluding carboxylic acids is 1. The molecule has 1 aromatic rings. The second-order valence-electron chi connectivity index (χ2n) is 4.75. The lowest BCUT2D eigenvalue weighted by atomic mass is 10.1. The van der Waals surface area contributed by atoms with E-state index in [-0.39, 0.29) is 30.0 Å². The van der Waals surface area contributed by atoms with Crippen LogP contribution in [0.15, 0.2) is 18.2 Å². The van der Waals surface area contributed by atoms with E-state index in [4.69, 9.17) is 28.3 Å². The molecule has 1 aromatic carbocycles. The van der Waals surface area contributed by atoms with Gasteiger partial charge in [0.2, 0.25) is 15.9 Å². The summed E-state index contributed by atoms with van der Waals surface area (Å²) < 4.78 is 21.5. The minimum atomic E-state index is -3.56. The van der Waals surface area contributed by atoms with Gasteiger partial charge in [0, 0.05) is 12.5 Å². The fourth-order valence-electron chi connectivity index (χ4n) is 2.08. The summed E-state index contributed by atoms with van der Waals surface area (Å²) in [5.74, 6) is -0.606. The second-order valence-corrected chi connectivity index (χ2v) is 7.27. The van der Waals surface area contributed by atoms with Gasteiger partial charge in [-0.25, -0.2) is 13.6 Å². The number of amides is 1. The van der Waals surface area contributed by atoms with Crippen molar-refractivity contribution in [3.8, 4) is 0 Å². The molecule has 0 radical (unpaired) electrons. The normalized spacial score (nSPS) is 21.6. The summed E-state index contributed by atoms with van der Waals surface area (Å²) in [6, 6.07) is 5.32. The smallest absolute Gasteiger partial charge is 0.223 e. The van der Waals surface area contributed by atoms with Crippen molar-refractivity contribution < 1.29 is 13.2 Å².